The maximum atomic E-state index is 6.12. The predicted octanol–water partition coefficient (Wildman–Crippen LogP) is 3.49. The van der Waals surface area contributed by atoms with Gasteiger partial charge in [-0.1, -0.05) is 36.2 Å². The summed E-state index contributed by atoms with van der Waals surface area (Å²) in [5.41, 5.74) is 7.10. The summed E-state index contributed by atoms with van der Waals surface area (Å²) in [4.78, 5) is 2.36. The third-order valence-corrected chi connectivity index (χ3v) is 4.60. The second-order valence-electron chi connectivity index (χ2n) is 5.15. The molecule has 0 radical (unpaired) electrons. The quantitative estimate of drug-likeness (QED) is 0.873. The molecule has 2 unspecified atom stereocenters. The molecule has 0 aromatic heterocycles. The zero-order valence-electron chi connectivity index (χ0n) is 11.8. The van der Waals surface area contributed by atoms with Crippen LogP contribution < -0.4 is 5.73 Å². The Bertz CT molecular complexity index is 436. The first kappa shape index (κ1) is 16.1. The fraction of sp³-hybridized carbons (Fsp3) is 0.600. The summed E-state index contributed by atoms with van der Waals surface area (Å²) in [7, 11) is 0. The lowest BCUT2D eigenvalue weighted by Gasteiger charge is -2.32. The summed E-state index contributed by atoms with van der Waals surface area (Å²) in [5, 5.41) is 1.16. The van der Waals surface area contributed by atoms with Crippen LogP contribution in [0.4, 0.5) is 0 Å². The molecule has 1 aliphatic rings. The van der Waals surface area contributed by atoms with E-state index in [2.05, 4.69) is 11.8 Å². The van der Waals surface area contributed by atoms with E-state index in [9.17, 15) is 0 Å². The molecule has 1 aromatic rings. The Morgan fingerprint density at radius 2 is 2.20 bits per heavy atom. The molecule has 5 heteroatoms. The summed E-state index contributed by atoms with van der Waals surface area (Å²) in [6.07, 6.45) is 2.61. The Kier molecular flexibility index (Phi) is 6.12. The minimum Gasteiger partial charge on any atom is -0.377 e. The van der Waals surface area contributed by atoms with Gasteiger partial charge in [0.15, 0.2) is 0 Å². The van der Waals surface area contributed by atoms with Crippen LogP contribution in [0.25, 0.3) is 0 Å². The van der Waals surface area contributed by atoms with Crippen LogP contribution in [0.5, 0.6) is 0 Å². The third kappa shape index (κ3) is 3.86. The van der Waals surface area contributed by atoms with Gasteiger partial charge in [0.1, 0.15) is 0 Å². The summed E-state index contributed by atoms with van der Waals surface area (Å²) in [6.45, 7) is 5.43. The third-order valence-electron chi connectivity index (χ3n) is 3.86. The van der Waals surface area contributed by atoms with Crippen LogP contribution in [-0.4, -0.2) is 37.2 Å². The van der Waals surface area contributed by atoms with Gasteiger partial charge in [-0.2, -0.15) is 0 Å². The van der Waals surface area contributed by atoms with Crippen LogP contribution in [0.1, 0.15) is 31.4 Å². The van der Waals surface area contributed by atoms with E-state index in [1.165, 1.54) is 0 Å². The van der Waals surface area contributed by atoms with E-state index < -0.39 is 0 Å². The predicted molar refractivity (Wildman–Crippen MR) is 84.5 cm³/mol. The van der Waals surface area contributed by atoms with E-state index >= 15 is 0 Å². The van der Waals surface area contributed by atoms with Crippen molar-refractivity contribution < 1.29 is 4.74 Å². The second-order valence-corrected chi connectivity index (χ2v) is 5.96. The number of hydrogen-bond acceptors (Lipinski definition) is 3. The number of hydrogen-bond donors (Lipinski definition) is 1. The van der Waals surface area contributed by atoms with Crippen molar-refractivity contribution in [2.75, 3.05) is 26.2 Å². The first-order valence-electron chi connectivity index (χ1n) is 7.16. The van der Waals surface area contributed by atoms with E-state index in [4.69, 9.17) is 33.7 Å². The molecule has 0 aliphatic carbocycles. The van der Waals surface area contributed by atoms with Crippen LogP contribution >= 0.6 is 23.2 Å². The summed E-state index contributed by atoms with van der Waals surface area (Å²) >= 11 is 12.1. The maximum Gasteiger partial charge on any atom is 0.0703 e. The van der Waals surface area contributed by atoms with Crippen LogP contribution in [0.3, 0.4) is 0 Å². The first-order valence-corrected chi connectivity index (χ1v) is 7.92. The number of halogens is 2. The van der Waals surface area contributed by atoms with Crippen LogP contribution in [-0.2, 0) is 4.74 Å². The monoisotopic (exact) mass is 316 g/mol. The smallest absolute Gasteiger partial charge is 0.0703 e. The summed E-state index contributed by atoms with van der Waals surface area (Å²) < 4.78 is 5.73. The topological polar surface area (TPSA) is 38.5 Å². The summed E-state index contributed by atoms with van der Waals surface area (Å²) in [6, 6.07) is 5.91. The molecular formula is C15H22Cl2N2O. The van der Waals surface area contributed by atoms with Crippen LogP contribution in [0, 0.1) is 0 Å². The number of benzene rings is 1. The SMILES string of the molecule is CCN(CC1CCCO1)C(CN)c1ccc(Cl)c(Cl)c1. The molecule has 1 aliphatic heterocycles. The van der Waals surface area contributed by atoms with Gasteiger partial charge in [-0.05, 0) is 37.1 Å². The molecular weight excluding hydrogens is 295 g/mol. The molecule has 0 spiro atoms. The molecule has 0 bridgehead atoms. The molecule has 3 nitrogen and oxygen atoms in total. The van der Waals surface area contributed by atoms with Gasteiger partial charge in [-0.3, -0.25) is 4.90 Å². The Hall–Kier alpha value is -0.320. The molecule has 2 atom stereocenters. The molecule has 2 rings (SSSR count). The zero-order valence-corrected chi connectivity index (χ0v) is 13.3. The largest absolute Gasteiger partial charge is 0.377 e. The highest BCUT2D eigenvalue weighted by Gasteiger charge is 2.24. The van der Waals surface area contributed by atoms with Crippen LogP contribution in [0.2, 0.25) is 10.0 Å². The van der Waals surface area contributed by atoms with Gasteiger partial charge in [-0.25, -0.2) is 0 Å². The molecule has 0 amide bonds. The van der Waals surface area contributed by atoms with Crippen molar-refractivity contribution in [3.63, 3.8) is 0 Å². The van der Waals surface area contributed by atoms with Crippen molar-refractivity contribution in [3.05, 3.63) is 33.8 Å². The maximum absolute atomic E-state index is 6.12. The Balaban J connectivity index is 2.12. The molecule has 20 heavy (non-hydrogen) atoms. The minimum atomic E-state index is 0.152. The van der Waals surface area contributed by atoms with Gasteiger partial charge in [0.2, 0.25) is 0 Å². The molecule has 112 valence electrons. The minimum absolute atomic E-state index is 0.152. The van der Waals surface area contributed by atoms with Crippen molar-refractivity contribution in [1.29, 1.82) is 0 Å². The van der Waals surface area contributed by atoms with Crippen molar-refractivity contribution in [2.24, 2.45) is 5.73 Å². The highest BCUT2D eigenvalue weighted by Crippen LogP contribution is 2.28. The number of rotatable bonds is 6. The van der Waals surface area contributed by atoms with E-state index in [0.29, 0.717) is 22.7 Å². The number of likely N-dealkylation sites (N-methyl/N-ethyl adjacent to an activating group) is 1. The lowest BCUT2D eigenvalue weighted by atomic mass is 10.0. The van der Waals surface area contributed by atoms with Crippen molar-refractivity contribution >= 4 is 23.2 Å². The van der Waals surface area contributed by atoms with E-state index in [1.54, 1.807) is 0 Å². The standard InChI is InChI=1S/C15H22Cl2N2O/c1-2-19(10-12-4-3-7-20-12)15(9-18)11-5-6-13(16)14(17)8-11/h5-6,8,12,15H,2-4,7,9-10,18H2,1H3. The molecule has 1 saturated heterocycles. The van der Waals surface area contributed by atoms with Crippen molar-refractivity contribution in [2.45, 2.75) is 31.9 Å². The molecule has 1 fully saturated rings. The van der Waals surface area contributed by atoms with Crippen LogP contribution in [0.15, 0.2) is 18.2 Å². The average Bonchev–Trinajstić information content (AvgIpc) is 2.95. The first-order chi connectivity index (χ1) is 9.65. The zero-order chi connectivity index (χ0) is 14.5. The Morgan fingerprint density at radius 3 is 2.75 bits per heavy atom. The highest BCUT2D eigenvalue weighted by atomic mass is 35.5. The van der Waals surface area contributed by atoms with Crippen molar-refractivity contribution in [3.8, 4) is 0 Å². The highest BCUT2D eigenvalue weighted by molar-refractivity contribution is 6.42. The Morgan fingerprint density at radius 1 is 1.40 bits per heavy atom. The number of nitrogens with zero attached hydrogens (tertiary/aromatic N) is 1. The van der Waals surface area contributed by atoms with E-state index in [0.717, 1.165) is 38.1 Å². The normalized spacial score (nSPS) is 20.6. The molecule has 2 N–H and O–H groups in total. The fourth-order valence-corrected chi connectivity index (χ4v) is 3.05. The van der Waals surface area contributed by atoms with Gasteiger partial charge < -0.3 is 10.5 Å². The van der Waals surface area contributed by atoms with Crippen molar-refractivity contribution in [1.82, 2.24) is 4.90 Å². The second kappa shape index (κ2) is 7.62. The Labute approximate surface area is 131 Å². The summed E-state index contributed by atoms with van der Waals surface area (Å²) in [5.74, 6) is 0. The van der Waals surface area contributed by atoms with E-state index in [1.807, 2.05) is 18.2 Å². The lowest BCUT2D eigenvalue weighted by molar-refractivity contribution is 0.0601. The van der Waals surface area contributed by atoms with E-state index in [-0.39, 0.29) is 6.04 Å². The number of ether oxygens (including phenoxy) is 1. The lowest BCUT2D eigenvalue weighted by Crippen LogP contribution is -2.38. The molecule has 1 aromatic carbocycles. The average molecular weight is 317 g/mol. The van der Waals surface area contributed by atoms with Gasteiger partial charge in [-0.15, -0.1) is 0 Å². The van der Waals surface area contributed by atoms with Gasteiger partial charge in [0.25, 0.3) is 0 Å². The molecule has 0 saturated carbocycles. The fourth-order valence-electron chi connectivity index (χ4n) is 2.74. The van der Waals surface area contributed by atoms with Gasteiger partial charge >= 0.3 is 0 Å². The van der Waals surface area contributed by atoms with Gasteiger partial charge in [0.05, 0.1) is 16.1 Å². The number of nitrogens with two attached hydrogens (primary N) is 1. The van der Waals surface area contributed by atoms with Gasteiger partial charge in [0, 0.05) is 25.7 Å². The molecule has 1 heterocycles.